The summed E-state index contributed by atoms with van der Waals surface area (Å²) in [6, 6.07) is 27.6. The summed E-state index contributed by atoms with van der Waals surface area (Å²) in [5.41, 5.74) is 7.92. The molecule has 0 fully saturated rings. The van der Waals surface area contributed by atoms with E-state index in [-0.39, 0.29) is 10.8 Å². The molecule has 0 aliphatic rings. The summed E-state index contributed by atoms with van der Waals surface area (Å²) in [5, 5.41) is 0. The largest absolute Gasteiger partial charge is 0.0579 e. The summed E-state index contributed by atoms with van der Waals surface area (Å²) in [7, 11) is 0. The van der Waals surface area contributed by atoms with Crippen LogP contribution in [0.25, 0.3) is 22.3 Å². The molecule has 1 radical (unpaired) electrons. The standard InChI is InChI=1S/C26H29/c1-25(2,3)23-14-10-19(11-15-23)21-8-7-9-22(18-21)20-12-16-24(17-13-20)26(4,5)6/h7-8,10-18H,1-6H3. The molecular formula is C26H29. The van der Waals surface area contributed by atoms with Crippen molar-refractivity contribution in [2.45, 2.75) is 52.4 Å². The molecule has 0 atom stereocenters. The topological polar surface area (TPSA) is 0 Å². The van der Waals surface area contributed by atoms with Gasteiger partial charge in [0.05, 0.1) is 0 Å². The Kier molecular flexibility index (Phi) is 4.80. The second-order valence-corrected chi connectivity index (χ2v) is 9.15. The molecule has 0 bridgehead atoms. The van der Waals surface area contributed by atoms with Gasteiger partial charge in [-0.2, -0.15) is 0 Å². The molecular weight excluding hydrogens is 312 g/mol. The average molecular weight is 342 g/mol. The minimum absolute atomic E-state index is 0.179. The fourth-order valence-corrected chi connectivity index (χ4v) is 3.13. The SMILES string of the molecule is CC(C)(C)c1ccc(-c2[c]ccc(-c3ccc(C(C)(C)C)cc3)c2)cc1. The van der Waals surface area contributed by atoms with Crippen LogP contribution in [0.15, 0.2) is 66.7 Å². The van der Waals surface area contributed by atoms with E-state index in [1.807, 2.05) is 6.07 Å². The Morgan fingerprint density at radius 2 is 1.00 bits per heavy atom. The number of hydrogen-bond acceptors (Lipinski definition) is 0. The van der Waals surface area contributed by atoms with E-state index in [1.54, 1.807) is 0 Å². The van der Waals surface area contributed by atoms with Crippen molar-refractivity contribution in [3.63, 3.8) is 0 Å². The number of rotatable bonds is 2. The molecule has 133 valence electrons. The van der Waals surface area contributed by atoms with Gasteiger partial charge < -0.3 is 0 Å². The van der Waals surface area contributed by atoms with Gasteiger partial charge >= 0.3 is 0 Å². The van der Waals surface area contributed by atoms with E-state index in [0.717, 1.165) is 5.56 Å². The van der Waals surface area contributed by atoms with E-state index in [9.17, 15) is 0 Å². The van der Waals surface area contributed by atoms with Crippen molar-refractivity contribution in [1.29, 1.82) is 0 Å². The first-order chi connectivity index (χ1) is 12.1. The third kappa shape index (κ3) is 4.07. The monoisotopic (exact) mass is 341 g/mol. The summed E-state index contributed by atoms with van der Waals surface area (Å²) in [6.45, 7) is 13.5. The molecule has 0 unspecified atom stereocenters. The van der Waals surface area contributed by atoms with Gasteiger partial charge in [0, 0.05) is 0 Å². The van der Waals surface area contributed by atoms with Crippen LogP contribution in [0.2, 0.25) is 0 Å². The lowest BCUT2D eigenvalue weighted by Gasteiger charge is -2.19. The van der Waals surface area contributed by atoms with Crippen molar-refractivity contribution in [2.75, 3.05) is 0 Å². The van der Waals surface area contributed by atoms with Crippen LogP contribution in [-0.4, -0.2) is 0 Å². The summed E-state index contributed by atoms with van der Waals surface area (Å²) >= 11 is 0. The van der Waals surface area contributed by atoms with Gasteiger partial charge in [-0.1, -0.05) is 102 Å². The Bertz CT molecular complexity index is 794. The first kappa shape index (κ1) is 18.5. The molecule has 3 rings (SSSR count). The maximum atomic E-state index is 3.39. The van der Waals surface area contributed by atoms with Crippen LogP contribution >= 0.6 is 0 Å². The molecule has 0 aliphatic carbocycles. The predicted octanol–water partition coefficient (Wildman–Crippen LogP) is 7.42. The number of hydrogen-bond donors (Lipinski definition) is 0. The van der Waals surface area contributed by atoms with Gasteiger partial charge in [0.15, 0.2) is 0 Å². The van der Waals surface area contributed by atoms with Crippen molar-refractivity contribution in [2.24, 2.45) is 0 Å². The fraction of sp³-hybridized carbons (Fsp3) is 0.308. The van der Waals surface area contributed by atoms with Gasteiger partial charge in [0.25, 0.3) is 0 Å². The molecule has 0 saturated carbocycles. The van der Waals surface area contributed by atoms with Crippen molar-refractivity contribution >= 4 is 0 Å². The zero-order chi connectivity index (χ0) is 18.9. The fourth-order valence-electron chi connectivity index (χ4n) is 3.13. The lowest BCUT2D eigenvalue weighted by atomic mass is 9.85. The van der Waals surface area contributed by atoms with Crippen LogP contribution in [0.5, 0.6) is 0 Å². The Balaban J connectivity index is 1.91. The smallest absolute Gasteiger partial charge is 0.00987 e. The lowest BCUT2D eigenvalue weighted by molar-refractivity contribution is 0.590. The molecule has 0 saturated heterocycles. The predicted molar refractivity (Wildman–Crippen MR) is 114 cm³/mol. The highest BCUT2D eigenvalue weighted by Gasteiger charge is 2.14. The van der Waals surface area contributed by atoms with Gasteiger partial charge in [-0.05, 0) is 56.3 Å². The zero-order valence-electron chi connectivity index (χ0n) is 16.9. The number of benzene rings is 3. The third-order valence-electron chi connectivity index (χ3n) is 4.95. The molecule has 0 heteroatoms. The van der Waals surface area contributed by atoms with E-state index in [1.165, 1.54) is 27.8 Å². The second-order valence-electron chi connectivity index (χ2n) is 9.15. The van der Waals surface area contributed by atoms with Crippen LogP contribution in [0, 0.1) is 6.07 Å². The maximum absolute atomic E-state index is 3.39. The first-order valence-corrected chi connectivity index (χ1v) is 9.38. The highest BCUT2D eigenvalue weighted by Crippen LogP contribution is 2.30. The Labute approximate surface area is 158 Å². The van der Waals surface area contributed by atoms with Crippen LogP contribution in [0.3, 0.4) is 0 Å². The molecule has 0 nitrogen and oxygen atoms in total. The van der Waals surface area contributed by atoms with Gasteiger partial charge in [-0.25, -0.2) is 0 Å². The van der Waals surface area contributed by atoms with Crippen molar-refractivity contribution in [3.8, 4) is 22.3 Å². The van der Waals surface area contributed by atoms with Crippen LogP contribution in [0.1, 0.15) is 52.7 Å². The minimum Gasteiger partial charge on any atom is -0.0579 e. The summed E-state index contributed by atoms with van der Waals surface area (Å²) in [5.74, 6) is 0. The van der Waals surface area contributed by atoms with Crippen LogP contribution in [0.4, 0.5) is 0 Å². The van der Waals surface area contributed by atoms with Crippen molar-refractivity contribution in [3.05, 3.63) is 83.9 Å². The lowest BCUT2D eigenvalue weighted by Crippen LogP contribution is -2.10. The molecule has 0 aromatic heterocycles. The first-order valence-electron chi connectivity index (χ1n) is 9.38. The van der Waals surface area contributed by atoms with Gasteiger partial charge in [-0.3, -0.25) is 0 Å². The molecule has 26 heavy (non-hydrogen) atoms. The minimum atomic E-state index is 0.179. The van der Waals surface area contributed by atoms with E-state index in [0.29, 0.717) is 0 Å². The maximum Gasteiger partial charge on any atom is -0.00987 e. The van der Waals surface area contributed by atoms with Crippen molar-refractivity contribution < 1.29 is 0 Å². The van der Waals surface area contributed by atoms with E-state index < -0.39 is 0 Å². The Hall–Kier alpha value is -2.34. The summed E-state index contributed by atoms with van der Waals surface area (Å²) < 4.78 is 0. The molecule has 3 aromatic carbocycles. The van der Waals surface area contributed by atoms with Gasteiger partial charge in [0.1, 0.15) is 0 Å². The molecule has 0 aliphatic heterocycles. The van der Waals surface area contributed by atoms with Crippen LogP contribution < -0.4 is 0 Å². The molecule has 0 N–H and O–H groups in total. The molecule has 3 aromatic rings. The normalized spacial score (nSPS) is 12.2. The summed E-state index contributed by atoms with van der Waals surface area (Å²) in [4.78, 5) is 0. The quantitative estimate of drug-likeness (QED) is 0.455. The summed E-state index contributed by atoms with van der Waals surface area (Å²) in [6.07, 6.45) is 0. The molecule has 0 spiro atoms. The Morgan fingerprint density at radius 3 is 1.46 bits per heavy atom. The highest BCUT2D eigenvalue weighted by molar-refractivity contribution is 5.73. The zero-order valence-corrected chi connectivity index (χ0v) is 16.9. The molecule has 0 heterocycles. The van der Waals surface area contributed by atoms with Gasteiger partial charge in [-0.15, -0.1) is 0 Å². The van der Waals surface area contributed by atoms with Crippen LogP contribution in [-0.2, 0) is 10.8 Å². The van der Waals surface area contributed by atoms with Crippen molar-refractivity contribution in [1.82, 2.24) is 0 Å². The Morgan fingerprint density at radius 1 is 0.538 bits per heavy atom. The average Bonchev–Trinajstić information content (AvgIpc) is 2.61. The third-order valence-corrected chi connectivity index (χ3v) is 4.95. The molecule has 0 amide bonds. The van der Waals surface area contributed by atoms with E-state index in [2.05, 4.69) is 108 Å². The highest BCUT2D eigenvalue weighted by atomic mass is 14.2. The van der Waals surface area contributed by atoms with E-state index in [4.69, 9.17) is 0 Å². The second kappa shape index (κ2) is 6.76. The van der Waals surface area contributed by atoms with E-state index >= 15 is 0 Å². The van der Waals surface area contributed by atoms with Gasteiger partial charge in [0.2, 0.25) is 0 Å².